The summed E-state index contributed by atoms with van der Waals surface area (Å²) < 4.78 is 2.41. The molecule has 0 radical (unpaired) electrons. The van der Waals surface area contributed by atoms with E-state index in [1.54, 1.807) is 0 Å². The van der Waals surface area contributed by atoms with Gasteiger partial charge in [-0.1, -0.05) is 6.92 Å². The van der Waals surface area contributed by atoms with Crippen LogP contribution in [0.15, 0.2) is 0 Å². The highest BCUT2D eigenvalue weighted by Gasteiger charge is 2.35. The van der Waals surface area contributed by atoms with Gasteiger partial charge < -0.3 is 4.57 Å². The molecule has 1 aromatic rings. The van der Waals surface area contributed by atoms with Gasteiger partial charge in [-0.3, -0.25) is 0 Å². The van der Waals surface area contributed by atoms with Crippen LogP contribution in [-0.2, 0) is 6.42 Å². The van der Waals surface area contributed by atoms with Crippen LogP contribution in [0.4, 0.5) is 0 Å². The van der Waals surface area contributed by atoms with Gasteiger partial charge in [-0.25, -0.2) is 0 Å². The van der Waals surface area contributed by atoms with Crippen molar-refractivity contribution in [3.05, 3.63) is 11.6 Å². The molecule has 3 nitrogen and oxygen atoms in total. The average molecular weight is 177 g/mol. The van der Waals surface area contributed by atoms with Gasteiger partial charge in [0.25, 0.3) is 0 Å². The van der Waals surface area contributed by atoms with Crippen molar-refractivity contribution < 1.29 is 0 Å². The first-order valence-electron chi connectivity index (χ1n) is 5.33. The van der Waals surface area contributed by atoms with Crippen LogP contribution in [0.5, 0.6) is 0 Å². The molecule has 0 atom stereocenters. The highest BCUT2D eigenvalue weighted by atomic mass is 15.3. The lowest BCUT2D eigenvalue weighted by Crippen LogP contribution is -2.04. The number of hydrogen-bond acceptors (Lipinski definition) is 2. The van der Waals surface area contributed by atoms with Gasteiger partial charge in [-0.2, -0.15) is 0 Å². The van der Waals surface area contributed by atoms with Gasteiger partial charge in [0, 0.05) is 18.4 Å². The van der Waals surface area contributed by atoms with Crippen LogP contribution in [0, 0.1) is 0 Å². The first-order valence-corrected chi connectivity index (χ1v) is 5.33. The van der Waals surface area contributed by atoms with E-state index in [1.807, 2.05) is 0 Å². The fourth-order valence-electron chi connectivity index (χ4n) is 1.93. The predicted octanol–water partition coefficient (Wildman–Crippen LogP) is 2.05. The molecule has 0 spiro atoms. The molecule has 2 aliphatic carbocycles. The van der Waals surface area contributed by atoms with Gasteiger partial charge in [0.1, 0.15) is 11.6 Å². The van der Waals surface area contributed by atoms with Crippen LogP contribution in [0.25, 0.3) is 0 Å². The van der Waals surface area contributed by atoms with E-state index in [4.69, 9.17) is 0 Å². The number of aryl methyl sites for hydroxylation is 1. The van der Waals surface area contributed by atoms with Crippen molar-refractivity contribution in [2.75, 3.05) is 0 Å². The summed E-state index contributed by atoms with van der Waals surface area (Å²) in [4.78, 5) is 0. The van der Waals surface area contributed by atoms with E-state index in [-0.39, 0.29) is 0 Å². The number of aromatic nitrogens is 3. The zero-order chi connectivity index (χ0) is 8.84. The Morgan fingerprint density at radius 2 is 2.00 bits per heavy atom. The van der Waals surface area contributed by atoms with Crippen molar-refractivity contribution in [2.45, 2.75) is 51.0 Å². The van der Waals surface area contributed by atoms with Gasteiger partial charge >= 0.3 is 0 Å². The van der Waals surface area contributed by atoms with E-state index in [9.17, 15) is 0 Å². The lowest BCUT2D eigenvalue weighted by Gasteiger charge is -2.06. The summed E-state index contributed by atoms with van der Waals surface area (Å²) >= 11 is 0. The van der Waals surface area contributed by atoms with Gasteiger partial charge in [0.2, 0.25) is 0 Å². The van der Waals surface area contributed by atoms with E-state index in [0.29, 0.717) is 0 Å². The third-order valence-electron chi connectivity index (χ3n) is 2.96. The normalized spacial score (nSPS) is 22.2. The summed E-state index contributed by atoms with van der Waals surface area (Å²) in [5, 5.41) is 8.59. The molecule has 0 N–H and O–H groups in total. The Hall–Kier alpha value is -0.860. The quantitative estimate of drug-likeness (QED) is 0.707. The first kappa shape index (κ1) is 7.54. The lowest BCUT2D eigenvalue weighted by molar-refractivity contribution is 0.648. The maximum absolute atomic E-state index is 4.32. The van der Waals surface area contributed by atoms with Crippen LogP contribution >= 0.6 is 0 Å². The van der Waals surface area contributed by atoms with Gasteiger partial charge in [0.15, 0.2) is 0 Å². The summed E-state index contributed by atoms with van der Waals surface area (Å²) in [6.07, 6.45) is 6.36. The SMILES string of the molecule is CCc1nnc(C2CC2)n1C1CC1. The maximum Gasteiger partial charge on any atom is 0.136 e. The molecule has 0 unspecified atom stereocenters. The molecule has 0 amide bonds. The molecule has 0 aliphatic heterocycles. The van der Waals surface area contributed by atoms with Crippen molar-refractivity contribution in [1.82, 2.24) is 14.8 Å². The molecule has 0 saturated heterocycles. The first-order chi connectivity index (χ1) is 6.40. The maximum atomic E-state index is 4.32. The molecule has 70 valence electrons. The summed E-state index contributed by atoms with van der Waals surface area (Å²) in [5.74, 6) is 3.22. The van der Waals surface area contributed by atoms with Crippen molar-refractivity contribution in [3.63, 3.8) is 0 Å². The molecule has 0 bridgehead atoms. The van der Waals surface area contributed by atoms with Crippen molar-refractivity contribution in [3.8, 4) is 0 Å². The van der Waals surface area contributed by atoms with Crippen LogP contribution < -0.4 is 0 Å². The van der Waals surface area contributed by atoms with Gasteiger partial charge in [-0.15, -0.1) is 10.2 Å². The minimum atomic E-state index is 0.744. The Morgan fingerprint density at radius 3 is 2.54 bits per heavy atom. The molecule has 3 heteroatoms. The summed E-state index contributed by atoms with van der Waals surface area (Å²) in [5.41, 5.74) is 0. The minimum Gasteiger partial charge on any atom is -0.312 e. The van der Waals surface area contributed by atoms with Crippen LogP contribution in [-0.4, -0.2) is 14.8 Å². The van der Waals surface area contributed by atoms with Crippen LogP contribution in [0.1, 0.15) is 56.2 Å². The third-order valence-corrected chi connectivity index (χ3v) is 2.96. The van der Waals surface area contributed by atoms with E-state index in [2.05, 4.69) is 21.7 Å². The van der Waals surface area contributed by atoms with Crippen molar-refractivity contribution >= 4 is 0 Å². The van der Waals surface area contributed by atoms with E-state index < -0.39 is 0 Å². The number of rotatable bonds is 3. The second-order valence-electron chi connectivity index (χ2n) is 4.20. The Labute approximate surface area is 78.2 Å². The minimum absolute atomic E-state index is 0.744. The van der Waals surface area contributed by atoms with Crippen LogP contribution in [0.2, 0.25) is 0 Å². The van der Waals surface area contributed by atoms with Gasteiger partial charge in [0.05, 0.1) is 0 Å². The summed E-state index contributed by atoms with van der Waals surface area (Å²) in [7, 11) is 0. The fourth-order valence-corrected chi connectivity index (χ4v) is 1.93. The van der Waals surface area contributed by atoms with E-state index in [0.717, 1.165) is 18.4 Å². The topological polar surface area (TPSA) is 30.7 Å². The molecule has 2 aliphatic rings. The largest absolute Gasteiger partial charge is 0.312 e. The molecule has 1 heterocycles. The van der Waals surface area contributed by atoms with Gasteiger partial charge in [-0.05, 0) is 25.7 Å². The number of hydrogen-bond donors (Lipinski definition) is 0. The zero-order valence-electron chi connectivity index (χ0n) is 8.03. The van der Waals surface area contributed by atoms with E-state index in [1.165, 1.54) is 37.3 Å². The Bertz CT molecular complexity index is 321. The molecule has 0 aromatic carbocycles. The molecular weight excluding hydrogens is 162 g/mol. The number of nitrogens with zero attached hydrogens (tertiary/aromatic N) is 3. The summed E-state index contributed by atoms with van der Waals surface area (Å²) in [6.45, 7) is 2.17. The average Bonchev–Trinajstić information content (AvgIpc) is 3.03. The summed E-state index contributed by atoms with van der Waals surface area (Å²) in [6, 6.07) is 0.751. The fraction of sp³-hybridized carbons (Fsp3) is 0.800. The lowest BCUT2D eigenvalue weighted by atomic mass is 10.3. The molecule has 2 fully saturated rings. The molecule has 2 saturated carbocycles. The second-order valence-corrected chi connectivity index (χ2v) is 4.20. The molecule has 13 heavy (non-hydrogen) atoms. The van der Waals surface area contributed by atoms with Crippen molar-refractivity contribution in [2.24, 2.45) is 0 Å². The molecular formula is C10H15N3. The Kier molecular flexibility index (Phi) is 1.49. The van der Waals surface area contributed by atoms with Crippen molar-refractivity contribution in [1.29, 1.82) is 0 Å². The predicted molar refractivity (Wildman–Crippen MR) is 49.6 cm³/mol. The standard InChI is InChI=1S/C10H15N3/c1-2-9-11-12-10(7-3-4-7)13(9)8-5-6-8/h7-8H,2-6H2,1H3. The monoisotopic (exact) mass is 177 g/mol. The van der Waals surface area contributed by atoms with E-state index >= 15 is 0 Å². The Balaban J connectivity index is 2.01. The zero-order valence-corrected chi connectivity index (χ0v) is 8.03. The highest BCUT2D eigenvalue weighted by molar-refractivity contribution is 5.11. The molecule has 3 rings (SSSR count). The third kappa shape index (κ3) is 1.18. The molecule has 1 aromatic heterocycles. The second kappa shape index (κ2) is 2.56. The Morgan fingerprint density at radius 1 is 1.23 bits per heavy atom. The highest BCUT2D eigenvalue weighted by Crippen LogP contribution is 2.44. The van der Waals surface area contributed by atoms with Crippen LogP contribution in [0.3, 0.4) is 0 Å². The smallest absolute Gasteiger partial charge is 0.136 e.